The van der Waals surface area contributed by atoms with Gasteiger partial charge in [-0.05, 0) is 12.3 Å². The molecule has 0 N–H and O–H groups in total. The van der Waals surface area contributed by atoms with Crippen molar-refractivity contribution in [1.82, 2.24) is 0 Å². The fraction of sp³-hybridized carbons (Fsp3) is 0.444. The summed E-state index contributed by atoms with van der Waals surface area (Å²) in [5.74, 6) is 0.884. The van der Waals surface area contributed by atoms with Crippen molar-refractivity contribution in [2.45, 2.75) is 19.3 Å². The van der Waals surface area contributed by atoms with Gasteiger partial charge in [-0.2, -0.15) is 0 Å². The maximum Gasteiger partial charge on any atom is 4.00 e. The summed E-state index contributed by atoms with van der Waals surface area (Å²) in [4.78, 5) is 0. The van der Waals surface area contributed by atoms with Gasteiger partial charge in [0.05, 0.1) is 0 Å². The van der Waals surface area contributed by atoms with Crippen LogP contribution < -0.4 is 37.2 Å². The van der Waals surface area contributed by atoms with Crippen LogP contribution in [-0.4, -0.2) is 0 Å². The van der Waals surface area contributed by atoms with Crippen LogP contribution in [0.25, 0.3) is 0 Å². The van der Waals surface area contributed by atoms with Crippen LogP contribution in [0.15, 0.2) is 23.8 Å². The molecule has 0 bridgehead atoms. The molecule has 72 valence electrons. The predicted octanol–water partition coefficient (Wildman–Crippen LogP) is -6.50. The first-order valence-corrected chi connectivity index (χ1v) is 3.67. The average molecular weight is 404 g/mol. The van der Waals surface area contributed by atoms with Crippen molar-refractivity contribution < 1.29 is 63.1 Å². The summed E-state index contributed by atoms with van der Waals surface area (Å²) in [5, 5.41) is 0. The second kappa shape index (κ2) is 9.64. The van der Waals surface area contributed by atoms with Crippen LogP contribution in [0, 0.1) is 12.3 Å². The number of fused-ring (bicyclic) bond motifs is 1. The Hall–Kier alpha value is 1.09. The molecule has 0 aromatic heterocycles. The predicted molar refractivity (Wildman–Crippen MR) is 38.9 cm³/mol. The minimum atomic E-state index is 0. The molecule has 0 nitrogen and oxygen atoms in total. The first kappa shape index (κ1) is 19.6. The number of hydrogen-bond donors (Lipinski definition) is 0. The fourth-order valence-corrected chi connectivity index (χ4v) is 1.66. The van der Waals surface area contributed by atoms with E-state index in [0.717, 1.165) is 5.92 Å². The maximum absolute atomic E-state index is 2.37. The summed E-state index contributed by atoms with van der Waals surface area (Å²) in [6.07, 6.45) is 13.0. The van der Waals surface area contributed by atoms with Gasteiger partial charge in [0, 0.05) is 0 Å². The SMILES string of the molecule is C1=CCC2CC[CH-]C2=C1.[Cl-].[Cl-].[Cl-].[Hf+4]. The van der Waals surface area contributed by atoms with Crippen molar-refractivity contribution in [2.75, 3.05) is 0 Å². The van der Waals surface area contributed by atoms with E-state index < -0.39 is 0 Å². The van der Waals surface area contributed by atoms with Gasteiger partial charge in [0.1, 0.15) is 0 Å². The molecule has 0 radical (unpaired) electrons. The summed E-state index contributed by atoms with van der Waals surface area (Å²) >= 11 is 0. The van der Waals surface area contributed by atoms with Crippen LogP contribution in [-0.2, 0) is 25.8 Å². The summed E-state index contributed by atoms with van der Waals surface area (Å²) < 4.78 is 0. The number of hydrogen-bond acceptors (Lipinski definition) is 0. The Bertz CT molecular complexity index is 178. The Labute approximate surface area is 118 Å². The van der Waals surface area contributed by atoms with Crippen LogP contribution in [0.1, 0.15) is 19.3 Å². The van der Waals surface area contributed by atoms with Gasteiger partial charge < -0.3 is 37.2 Å². The fourth-order valence-electron chi connectivity index (χ4n) is 1.66. The van der Waals surface area contributed by atoms with Gasteiger partial charge in [0.2, 0.25) is 0 Å². The number of halogens is 3. The van der Waals surface area contributed by atoms with E-state index in [0.29, 0.717) is 0 Å². The van der Waals surface area contributed by atoms with E-state index in [2.05, 4.69) is 24.6 Å². The van der Waals surface area contributed by atoms with E-state index in [9.17, 15) is 0 Å². The Morgan fingerprint density at radius 3 is 2.54 bits per heavy atom. The quantitative estimate of drug-likeness (QED) is 0.279. The molecule has 2 rings (SSSR count). The minimum absolute atomic E-state index is 0. The van der Waals surface area contributed by atoms with Gasteiger partial charge in [-0.25, -0.2) is 18.1 Å². The van der Waals surface area contributed by atoms with Gasteiger partial charge in [0.25, 0.3) is 0 Å². The second-order valence-electron chi connectivity index (χ2n) is 2.81. The Morgan fingerprint density at radius 1 is 1.23 bits per heavy atom. The van der Waals surface area contributed by atoms with Crippen molar-refractivity contribution in [1.29, 1.82) is 0 Å². The van der Waals surface area contributed by atoms with Gasteiger partial charge >= 0.3 is 25.8 Å². The van der Waals surface area contributed by atoms with E-state index in [1.165, 1.54) is 19.3 Å². The van der Waals surface area contributed by atoms with E-state index in [-0.39, 0.29) is 63.1 Å². The van der Waals surface area contributed by atoms with Crippen LogP contribution in [0.4, 0.5) is 0 Å². The van der Waals surface area contributed by atoms with Crippen LogP contribution in [0.2, 0.25) is 0 Å². The molecule has 0 heterocycles. The largest absolute Gasteiger partial charge is 4.00 e. The minimum Gasteiger partial charge on any atom is -1.00 e. The second-order valence-corrected chi connectivity index (χ2v) is 2.81. The van der Waals surface area contributed by atoms with E-state index >= 15 is 0 Å². The van der Waals surface area contributed by atoms with Crippen molar-refractivity contribution in [2.24, 2.45) is 5.92 Å². The standard InChI is InChI=1S/C9H11.3ClH.Hf/c1-2-5-9-7-3-6-8(9)4-1;;;;/h1-2,4,6,9H,3,5,7H2;3*1H;/q-1;;;;+4/p-3. The Kier molecular flexibility index (Phi) is 14.6. The van der Waals surface area contributed by atoms with Gasteiger partial charge in [-0.15, -0.1) is 18.6 Å². The van der Waals surface area contributed by atoms with E-state index in [1.807, 2.05) is 0 Å². The number of allylic oxidation sites excluding steroid dienone is 4. The molecular weight excluding hydrogens is 393 g/mol. The molecule has 4 heteroatoms. The molecule has 2 aliphatic rings. The molecule has 1 atom stereocenters. The van der Waals surface area contributed by atoms with Gasteiger partial charge in [-0.3, -0.25) is 0 Å². The summed E-state index contributed by atoms with van der Waals surface area (Å²) in [7, 11) is 0. The molecule has 13 heavy (non-hydrogen) atoms. The van der Waals surface area contributed by atoms with Gasteiger partial charge in [0.15, 0.2) is 0 Å². The zero-order chi connectivity index (χ0) is 6.10. The zero-order valence-corrected chi connectivity index (χ0v) is 13.0. The smallest absolute Gasteiger partial charge is 1.00 e. The molecule has 0 spiro atoms. The molecule has 1 saturated carbocycles. The molecular formula is C9H11Cl3Hf. The third-order valence-electron chi connectivity index (χ3n) is 2.21. The van der Waals surface area contributed by atoms with Crippen LogP contribution in [0.3, 0.4) is 0 Å². The van der Waals surface area contributed by atoms with Crippen molar-refractivity contribution in [3.8, 4) is 0 Å². The molecule has 0 aliphatic heterocycles. The molecule has 0 aromatic carbocycles. The molecule has 1 fully saturated rings. The van der Waals surface area contributed by atoms with Crippen molar-refractivity contribution in [3.63, 3.8) is 0 Å². The van der Waals surface area contributed by atoms with Crippen molar-refractivity contribution in [3.05, 3.63) is 30.2 Å². The third kappa shape index (κ3) is 4.92. The normalized spacial score (nSPS) is 21.5. The van der Waals surface area contributed by atoms with E-state index in [1.54, 1.807) is 5.57 Å². The zero-order valence-electron chi connectivity index (χ0n) is 7.14. The molecule has 0 saturated heterocycles. The first-order valence-electron chi connectivity index (χ1n) is 3.67. The summed E-state index contributed by atoms with van der Waals surface area (Å²) in [6.45, 7) is 0. The monoisotopic (exact) mass is 404 g/mol. The van der Waals surface area contributed by atoms with Crippen LogP contribution >= 0.6 is 0 Å². The molecule has 0 amide bonds. The van der Waals surface area contributed by atoms with Crippen LogP contribution in [0.5, 0.6) is 0 Å². The van der Waals surface area contributed by atoms with E-state index in [4.69, 9.17) is 0 Å². The molecule has 0 aromatic rings. The van der Waals surface area contributed by atoms with Crippen molar-refractivity contribution >= 4 is 0 Å². The maximum atomic E-state index is 2.37. The molecule has 2 aliphatic carbocycles. The number of rotatable bonds is 0. The van der Waals surface area contributed by atoms with Gasteiger partial charge in [-0.1, -0.05) is 6.42 Å². The Balaban J connectivity index is -0.000000250. The first-order chi connectivity index (χ1) is 4.47. The molecule has 1 unspecified atom stereocenters. The summed E-state index contributed by atoms with van der Waals surface area (Å²) in [6, 6.07) is 0. The topological polar surface area (TPSA) is 0 Å². The summed E-state index contributed by atoms with van der Waals surface area (Å²) in [5.41, 5.74) is 1.58. The average Bonchev–Trinajstić information content (AvgIpc) is 2.33. The Morgan fingerprint density at radius 2 is 1.92 bits per heavy atom. The third-order valence-corrected chi connectivity index (χ3v) is 2.21.